The highest BCUT2D eigenvalue weighted by molar-refractivity contribution is 6.90. The molecule has 5 heteroatoms. The first kappa shape index (κ1) is 17.6. The zero-order valence-electron chi connectivity index (χ0n) is 16.7. The van der Waals surface area contributed by atoms with Gasteiger partial charge >= 0.3 is 0 Å². The van der Waals surface area contributed by atoms with Crippen LogP contribution >= 0.6 is 11.6 Å². The second kappa shape index (κ2) is 6.28. The molecule has 0 radical (unpaired) electrons. The van der Waals surface area contributed by atoms with E-state index in [2.05, 4.69) is 83.2 Å². The molecule has 3 nitrogen and oxygen atoms in total. The summed E-state index contributed by atoms with van der Waals surface area (Å²) in [6, 6.07) is 17.0. The van der Waals surface area contributed by atoms with E-state index in [9.17, 15) is 0 Å². The van der Waals surface area contributed by atoms with Crippen LogP contribution in [0.1, 0.15) is 25.0 Å². The van der Waals surface area contributed by atoms with E-state index in [1.807, 2.05) is 12.1 Å². The van der Waals surface area contributed by atoms with Crippen LogP contribution in [0.2, 0.25) is 17.7 Å². The van der Waals surface area contributed by atoms with Crippen molar-refractivity contribution in [2.45, 2.75) is 40.0 Å². The van der Waals surface area contributed by atoms with Gasteiger partial charge in [0.15, 0.2) is 5.82 Å². The SMILES string of the molecule is CC[B-]1(CC)c2n(cc[n+]2Cc2ccccc2Cl)-c2c(C)c3ccccc3n21. The Balaban J connectivity index is 1.78. The van der Waals surface area contributed by atoms with Crippen molar-refractivity contribution in [1.29, 1.82) is 0 Å². The maximum absolute atomic E-state index is 6.48. The van der Waals surface area contributed by atoms with Crippen LogP contribution in [0.4, 0.5) is 0 Å². The summed E-state index contributed by atoms with van der Waals surface area (Å²) in [4.78, 5) is 0. The van der Waals surface area contributed by atoms with E-state index in [-0.39, 0.29) is 0 Å². The van der Waals surface area contributed by atoms with E-state index in [1.54, 1.807) is 0 Å². The van der Waals surface area contributed by atoms with Gasteiger partial charge in [-0.15, -0.1) is 0 Å². The summed E-state index contributed by atoms with van der Waals surface area (Å²) in [5, 5.41) is 2.20. The summed E-state index contributed by atoms with van der Waals surface area (Å²) in [7, 11) is 0. The first-order valence-corrected chi connectivity index (χ1v) is 10.6. The van der Waals surface area contributed by atoms with Crippen molar-refractivity contribution in [3.63, 3.8) is 0 Å². The van der Waals surface area contributed by atoms with Crippen molar-refractivity contribution in [2.75, 3.05) is 0 Å². The lowest BCUT2D eigenvalue weighted by atomic mass is 9.31. The van der Waals surface area contributed by atoms with Crippen LogP contribution in [0.3, 0.4) is 0 Å². The van der Waals surface area contributed by atoms with Gasteiger partial charge in [-0.05, 0) is 19.1 Å². The Kier molecular flexibility index (Phi) is 3.95. The molecule has 0 N–H and O–H groups in total. The van der Waals surface area contributed by atoms with Crippen LogP contribution < -0.4 is 10.3 Å². The molecular weight excluding hydrogens is 365 g/mol. The van der Waals surface area contributed by atoms with Crippen LogP contribution in [0.15, 0.2) is 60.9 Å². The van der Waals surface area contributed by atoms with E-state index < -0.39 is 6.28 Å². The summed E-state index contributed by atoms with van der Waals surface area (Å²) in [5.74, 6) is 1.33. The monoisotopic (exact) mass is 389 g/mol. The lowest BCUT2D eigenvalue weighted by Crippen LogP contribution is -2.65. The Bertz CT molecular complexity index is 1200. The first-order chi connectivity index (χ1) is 13.6. The zero-order valence-corrected chi connectivity index (χ0v) is 17.4. The van der Waals surface area contributed by atoms with Gasteiger partial charge in [0.05, 0.1) is 0 Å². The van der Waals surface area contributed by atoms with Crippen LogP contribution in [0.25, 0.3) is 16.7 Å². The van der Waals surface area contributed by atoms with Gasteiger partial charge in [0, 0.05) is 27.1 Å². The number of aromatic nitrogens is 3. The number of nitrogens with zero attached hydrogens (tertiary/aromatic N) is 3. The van der Waals surface area contributed by atoms with Gasteiger partial charge in [-0.1, -0.05) is 61.8 Å². The van der Waals surface area contributed by atoms with E-state index in [1.165, 1.54) is 33.6 Å². The molecular formula is C23H25BClN3. The molecule has 5 rings (SSSR count). The quantitative estimate of drug-likeness (QED) is 0.352. The standard InChI is InChI=1S/C23H25BClN3/c1-4-24(5-2)23-26(16-18-10-6-8-12-20(18)25)14-15-27(23)22-17(3)19-11-7-9-13-21(19)28(22)24/h6-15H,4-5,16H2,1-3H3. The van der Waals surface area contributed by atoms with Crippen LogP contribution in [0.5, 0.6) is 0 Å². The molecule has 0 saturated heterocycles. The average molecular weight is 390 g/mol. The molecule has 1 aliphatic heterocycles. The van der Waals surface area contributed by atoms with Crippen LogP contribution in [-0.2, 0) is 6.54 Å². The number of para-hydroxylation sites is 1. The fraction of sp³-hybridized carbons (Fsp3) is 0.261. The van der Waals surface area contributed by atoms with Crippen molar-refractivity contribution in [1.82, 2.24) is 9.05 Å². The Morgan fingerprint density at radius 1 is 1.00 bits per heavy atom. The first-order valence-electron chi connectivity index (χ1n) is 10.3. The van der Waals surface area contributed by atoms with E-state index in [0.717, 1.165) is 24.2 Å². The molecule has 0 unspecified atom stereocenters. The third-order valence-electron chi connectivity index (χ3n) is 6.92. The minimum Gasteiger partial charge on any atom is -0.472 e. The minimum absolute atomic E-state index is 0.799. The Labute approximate surface area is 171 Å². The van der Waals surface area contributed by atoms with Gasteiger partial charge in [0.25, 0.3) is 0 Å². The Morgan fingerprint density at radius 2 is 1.71 bits per heavy atom. The predicted molar refractivity (Wildman–Crippen MR) is 118 cm³/mol. The van der Waals surface area contributed by atoms with E-state index in [0.29, 0.717) is 0 Å². The highest BCUT2D eigenvalue weighted by atomic mass is 35.5. The highest BCUT2D eigenvalue weighted by Gasteiger charge is 2.46. The molecule has 0 aliphatic carbocycles. The number of hydrogen-bond acceptors (Lipinski definition) is 0. The van der Waals surface area contributed by atoms with E-state index in [4.69, 9.17) is 11.6 Å². The van der Waals surface area contributed by atoms with Crippen LogP contribution in [0, 0.1) is 6.92 Å². The molecule has 3 heterocycles. The number of halogens is 1. The van der Waals surface area contributed by atoms with Gasteiger partial charge in [0.2, 0.25) is 6.28 Å². The van der Waals surface area contributed by atoms with E-state index >= 15 is 0 Å². The summed E-state index contributed by atoms with van der Waals surface area (Å²) >= 11 is 6.48. The van der Waals surface area contributed by atoms with Gasteiger partial charge < -0.3 is 4.48 Å². The summed E-state index contributed by atoms with van der Waals surface area (Å²) in [6.07, 6.45) is 5.77. The molecule has 0 atom stereocenters. The second-order valence-electron chi connectivity index (χ2n) is 8.09. The molecule has 0 saturated carbocycles. The number of fused-ring (bicyclic) bond motifs is 5. The van der Waals surface area contributed by atoms with Gasteiger partial charge in [0.1, 0.15) is 24.7 Å². The molecule has 0 bridgehead atoms. The average Bonchev–Trinajstić information content (AvgIpc) is 3.34. The molecule has 0 spiro atoms. The maximum Gasteiger partial charge on any atom is 0.217 e. The zero-order chi connectivity index (χ0) is 19.5. The van der Waals surface area contributed by atoms with Crippen molar-refractivity contribution < 1.29 is 4.57 Å². The number of hydrogen-bond donors (Lipinski definition) is 0. The van der Waals surface area contributed by atoms with Gasteiger partial charge in [-0.3, -0.25) is 4.57 Å². The molecule has 4 aromatic rings. The minimum atomic E-state index is -0.902. The van der Waals surface area contributed by atoms with Gasteiger partial charge in [-0.25, -0.2) is 4.57 Å². The van der Waals surface area contributed by atoms with Crippen molar-refractivity contribution >= 4 is 34.5 Å². The van der Waals surface area contributed by atoms with Crippen molar-refractivity contribution in [3.8, 4) is 5.82 Å². The third-order valence-corrected chi connectivity index (χ3v) is 7.29. The Morgan fingerprint density at radius 3 is 2.46 bits per heavy atom. The molecule has 1 aliphatic rings. The second-order valence-corrected chi connectivity index (χ2v) is 8.50. The maximum atomic E-state index is 6.48. The number of benzene rings is 2. The molecule has 28 heavy (non-hydrogen) atoms. The molecule has 2 aromatic heterocycles. The smallest absolute Gasteiger partial charge is 0.217 e. The number of aryl methyl sites for hydroxylation is 1. The summed E-state index contributed by atoms with van der Waals surface area (Å²) in [5.41, 5.74) is 5.29. The highest BCUT2D eigenvalue weighted by Crippen LogP contribution is 2.37. The summed E-state index contributed by atoms with van der Waals surface area (Å²) < 4.78 is 7.48. The largest absolute Gasteiger partial charge is 0.472 e. The Hall–Kier alpha value is -2.46. The lowest BCUT2D eigenvalue weighted by molar-refractivity contribution is -0.670. The van der Waals surface area contributed by atoms with Crippen LogP contribution in [-0.4, -0.2) is 15.3 Å². The lowest BCUT2D eigenvalue weighted by Gasteiger charge is -2.33. The fourth-order valence-electron chi connectivity index (χ4n) is 5.48. The predicted octanol–water partition coefficient (Wildman–Crippen LogP) is 4.78. The summed E-state index contributed by atoms with van der Waals surface area (Å²) in [6.45, 7) is 7.72. The number of imidazole rings is 1. The van der Waals surface area contributed by atoms with Gasteiger partial charge in [-0.2, -0.15) is 12.6 Å². The molecule has 2 aromatic carbocycles. The normalized spacial score (nSPS) is 14.4. The third kappa shape index (κ3) is 2.15. The fourth-order valence-corrected chi connectivity index (χ4v) is 5.67. The topological polar surface area (TPSA) is 13.7 Å². The number of rotatable bonds is 4. The van der Waals surface area contributed by atoms with Crippen molar-refractivity contribution in [3.05, 3.63) is 77.1 Å². The van der Waals surface area contributed by atoms with Crippen molar-refractivity contribution in [2.24, 2.45) is 0 Å². The molecule has 0 fully saturated rings. The molecule has 0 amide bonds. The molecule has 142 valence electrons.